The molecule has 0 aliphatic carbocycles. The molecule has 0 saturated carbocycles. The Morgan fingerprint density at radius 3 is 2.36 bits per heavy atom. The number of likely N-dealkylation sites (tertiary alicyclic amines) is 1. The highest BCUT2D eigenvalue weighted by Crippen LogP contribution is 2.29. The Morgan fingerprint density at radius 1 is 1.08 bits per heavy atom. The standard InChI is InChI=1S/C20H21NO4/c1-14(15-6-4-3-5-7-15)21-13-16(12-19(21)22)20(23)25-18-10-8-17(24-2)9-11-18/h3-11,14,16H,12-13H2,1-2H3/t14-,16-/m0/s1. The van der Waals surface area contributed by atoms with Gasteiger partial charge in [-0.1, -0.05) is 30.3 Å². The minimum absolute atomic E-state index is 0.0203. The molecule has 0 aromatic heterocycles. The number of carbonyl (C=O) groups excluding carboxylic acids is 2. The van der Waals surface area contributed by atoms with Crippen molar-refractivity contribution in [3.8, 4) is 11.5 Å². The van der Waals surface area contributed by atoms with E-state index in [1.54, 1.807) is 36.3 Å². The third-order valence-electron chi connectivity index (χ3n) is 4.52. The summed E-state index contributed by atoms with van der Waals surface area (Å²) in [4.78, 5) is 26.5. The van der Waals surface area contributed by atoms with Crippen molar-refractivity contribution >= 4 is 11.9 Å². The van der Waals surface area contributed by atoms with E-state index in [9.17, 15) is 9.59 Å². The van der Waals surface area contributed by atoms with Crippen LogP contribution in [-0.2, 0) is 9.59 Å². The van der Waals surface area contributed by atoms with E-state index >= 15 is 0 Å². The van der Waals surface area contributed by atoms with Crippen LogP contribution < -0.4 is 9.47 Å². The van der Waals surface area contributed by atoms with Crippen LogP contribution in [-0.4, -0.2) is 30.4 Å². The van der Waals surface area contributed by atoms with E-state index in [1.807, 2.05) is 37.3 Å². The summed E-state index contributed by atoms with van der Waals surface area (Å²) in [5.74, 6) is 0.307. The van der Waals surface area contributed by atoms with Gasteiger partial charge in [-0.25, -0.2) is 0 Å². The maximum absolute atomic E-state index is 12.4. The first-order chi connectivity index (χ1) is 12.1. The number of carbonyl (C=O) groups is 2. The molecular formula is C20H21NO4. The number of benzene rings is 2. The lowest BCUT2D eigenvalue weighted by Gasteiger charge is -2.25. The summed E-state index contributed by atoms with van der Waals surface area (Å²) in [6, 6.07) is 16.6. The van der Waals surface area contributed by atoms with E-state index in [2.05, 4.69) is 0 Å². The molecule has 130 valence electrons. The number of esters is 1. The minimum atomic E-state index is -0.444. The van der Waals surface area contributed by atoms with E-state index in [0.717, 1.165) is 5.56 Å². The zero-order valence-electron chi connectivity index (χ0n) is 14.3. The van der Waals surface area contributed by atoms with Gasteiger partial charge in [-0.05, 0) is 36.8 Å². The zero-order chi connectivity index (χ0) is 17.8. The third-order valence-corrected chi connectivity index (χ3v) is 4.52. The van der Waals surface area contributed by atoms with E-state index in [1.165, 1.54) is 0 Å². The first-order valence-corrected chi connectivity index (χ1v) is 8.28. The first kappa shape index (κ1) is 17.0. The van der Waals surface area contributed by atoms with E-state index < -0.39 is 5.92 Å². The third kappa shape index (κ3) is 3.82. The van der Waals surface area contributed by atoms with Crippen molar-refractivity contribution in [3.05, 3.63) is 60.2 Å². The van der Waals surface area contributed by atoms with Gasteiger partial charge in [-0.3, -0.25) is 9.59 Å². The van der Waals surface area contributed by atoms with Gasteiger partial charge >= 0.3 is 5.97 Å². The molecule has 3 rings (SSSR count). The SMILES string of the molecule is COc1ccc(OC(=O)[C@H]2CC(=O)N([C@@H](C)c3ccccc3)C2)cc1. The van der Waals surface area contributed by atoms with Gasteiger partial charge in [-0.2, -0.15) is 0 Å². The first-order valence-electron chi connectivity index (χ1n) is 8.28. The normalized spacial score (nSPS) is 18.1. The van der Waals surface area contributed by atoms with Gasteiger partial charge in [0, 0.05) is 13.0 Å². The molecular weight excluding hydrogens is 318 g/mol. The lowest BCUT2D eigenvalue weighted by Crippen LogP contribution is -2.30. The molecule has 2 aromatic carbocycles. The molecule has 0 bridgehead atoms. The molecule has 1 aliphatic rings. The van der Waals surface area contributed by atoms with Crippen molar-refractivity contribution in [2.45, 2.75) is 19.4 Å². The second-order valence-corrected chi connectivity index (χ2v) is 6.13. The van der Waals surface area contributed by atoms with Crippen LogP contribution in [0.3, 0.4) is 0 Å². The van der Waals surface area contributed by atoms with Crippen LogP contribution in [0, 0.1) is 5.92 Å². The van der Waals surface area contributed by atoms with Crippen LogP contribution >= 0.6 is 0 Å². The molecule has 1 saturated heterocycles. The van der Waals surface area contributed by atoms with Crippen molar-refractivity contribution in [1.29, 1.82) is 0 Å². The molecule has 5 nitrogen and oxygen atoms in total. The number of hydrogen-bond donors (Lipinski definition) is 0. The van der Waals surface area contributed by atoms with Gasteiger partial charge in [0.15, 0.2) is 0 Å². The van der Waals surface area contributed by atoms with Crippen molar-refractivity contribution in [3.63, 3.8) is 0 Å². The number of rotatable bonds is 5. The number of ether oxygens (including phenoxy) is 2. The predicted octanol–water partition coefficient (Wildman–Crippen LogP) is 3.21. The lowest BCUT2D eigenvalue weighted by molar-refractivity contribution is -0.139. The topological polar surface area (TPSA) is 55.8 Å². The molecule has 2 atom stereocenters. The maximum Gasteiger partial charge on any atom is 0.316 e. The molecule has 0 unspecified atom stereocenters. The van der Waals surface area contributed by atoms with Gasteiger partial charge in [0.05, 0.1) is 19.1 Å². The van der Waals surface area contributed by atoms with Crippen molar-refractivity contribution in [2.75, 3.05) is 13.7 Å². The highest BCUT2D eigenvalue weighted by molar-refractivity contribution is 5.87. The second kappa shape index (κ2) is 7.38. The Balaban J connectivity index is 1.64. The minimum Gasteiger partial charge on any atom is -0.497 e. The molecule has 25 heavy (non-hydrogen) atoms. The Morgan fingerprint density at radius 2 is 1.72 bits per heavy atom. The zero-order valence-corrected chi connectivity index (χ0v) is 14.3. The summed E-state index contributed by atoms with van der Waals surface area (Å²) in [6.45, 7) is 2.36. The van der Waals surface area contributed by atoms with Gasteiger partial charge < -0.3 is 14.4 Å². The van der Waals surface area contributed by atoms with E-state index in [0.29, 0.717) is 18.0 Å². The van der Waals surface area contributed by atoms with Crippen molar-refractivity contribution in [2.24, 2.45) is 5.92 Å². The summed E-state index contributed by atoms with van der Waals surface area (Å²) < 4.78 is 10.5. The summed E-state index contributed by atoms with van der Waals surface area (Å²) in [7, 11) is 1.58. The number of hydrogen-bond acceptors (Lipinski definition) is 4. The highest BCUT2D eigenvalue weighted by Gasteiger charge is 2.38. The van der Waals surface area contributed by atoms with Crippen LogP contribution in [0.15, 0.2) is 54.6 Å². The molecule has 0 radical (unpaired) electrons. The fraction of sp³-hybridized carbons (Fsp3) is 0.300. The summed E-state index contributed by atoms with van der Waals surface area (Å²) in [5.41, 5.74) is 1.06. The highest BCUT2D eigenvalue weighted by atomic mass is 16.5. The summed E-state index contributed by atoms with van der Waals surface area (Å²) in [6.07, 6.45) is 0.187. The molecule has 5 heteroatoms. The van der Waals surface area contributed by atoms with Crippen LogP contribution in [0.25, 0.3) is 0 Å². The van der Waals surface area contributed by atoms with Crippen LogP contribution in [0.5, 0.6) is 11.5 Å². The van der Waals surface area contributed by atoms with Crippen LogP contribution in [0.2, 0.25) is 0 Å². The van der Waals surface area contributed by atoms with Crippen LogP contribution in [0.4, 0.5) is 0 Å². The van der Waals surface area contributed by atoms with Crippen LogP contribution in [0.1, 0.15) is 24.9 Å². The molecule has 0 N–H and O–H groups in total. The Kier molecular flexibility index (Phi) is 5.03. The number of nitrogens with zero attached hydrogens (tertiary/aromatic N) is 1. The largest absolute Gasteiger partial charge is 0.497 e. The lowest BCUT2D eigenvalue weighted by atomic mass is 10.1. The van der Waals surface area contributed by atoms with E-state index in [4.69, 9.17) is 9.47 Å². The quantitative estimate of drug-likeness (QED) is 0.620. The number of methoxy groups -OCH3 is 1. The molecule has 0 spiro atoms. The molecule has 1 amide bonds. The average molecular weight is 339 g/mol. The molecule has 2 aromatic rings. The van der Waals surface area contributed by atoms with E-state index in [-0.39, 0.29) is 24.3 Å². The average Bonchev–Trinajstić information content (AvgIpc) is 3.04. The van der Waals surface area contributed by atoms with Gasteiger partial charge in [0.1, 0.15) is 11.5 Å². The Bertz CT molecular complexity index is 742. The van der Waals surface area contributed by atoms with Crippen molar-refractivity contribution in [1.82, 2.24) is 4.90 Å². The smallest absolute Gasteiger partial charge is 0.316 e. The Hall–Kier alpha value is -2.82. The molecule has 1 heterocycles. The summed E-state index contributed by atoms with van der Waals surface area (Å²) >= 11 is 0. The van der Waals surface area contributed by atoms with Gasteiger partial charge in [0.25, 0.3) is 0 Å². The molecule has 1 aliphatic heterocycles. The Labute approximate surface area is 147 Å². The number of amides is 1. The molecule has 1 fully saturated rings. The fourth-order valence-corrected chi connectivity index (χ4v) is 3.02. The maximum atomic E-state index is 12.4. The predicted molar refractivity (Wildman–Crippen MR) is 93.3 cm³/mol. The monoisotopic (exact) mass is 339 g/mol. The summed E-state index contributed by atoms with van der Waals surface area (Å²) in [5, 5.41) is 0. The second-order valence-electron chi connectivity index (χ2n) is 6.13. The van der Waals surface area contributed by atoms with Gasteiger partial charge in [-0.15, -0.1) is 0 Å². The fourth-order valence-electron chi connectivity index (χ4n) is 3.02. The van der Waals surface area contributed by atoms with Gasteiger partial charge in [0.2, 0.25) is 5.91 Å². The van der Waals surface area contributed by atoms with Crippen molar-refractivity contribution < 1.29 is 19.1 Å².